The van der Waals surface area contributed by atoms with E-state index in [1.54, 1.807) is 6.07 Å². The summed E-state index contributed by atoms with van der Waals surface area (Å²) in [5.74, 6) is 1.84. The molecule has 2 saturated heterocycles. The Hall–Kier alpha value is -1.81. The van der Waals surface area contributed by atoms with Crippen LogP contribution in [0.3, 0.4) is 0 Å². The third-order valence-corrected chi connectivity index (χ3v) is 4.44. The molecule has 0 saturated carbocycles. The Bertz CT molecular complexity index is 616. The van der Waals surface area contributed by atoms with E-state index < -0.39 is 0 Å². The van der Waals surface area contributed by atoms with Crippen LogP contribution in [0.2, 0.25) is 0 Å². The maximum Gasteiger partial charge on any atom is 0.125 e. The van der Waals surface area contributed by atoms with Crippen molar-refractivity contribution in [2.24, 2.45) is 11.8 Å². The van der Waals surface area contributed by atoms with Crippen LogP contribution in [0.15, 0.2) is 30.5 Å². The Balaban J connectivity index is 1.70. The number of pyridine rings is 1. The first kappa shape index (κ1) is 11.1. The molecule has 0 radical (unpaired) electrons. The van der Waals surface area contributed by atoms with Crippen LogP contribution < -0.4 is 10.2 Å². The van der Waals surface area contributed by atoms with Crippen molar-refractivity contribution in [3.8, 4) is 5.75 Å². The highest BCUT2D eigenvalue weighted by molar-refractivity contribution is 5.87. The Kier molecular flexibility index (Phi) is 2.38. The van der Waals surface area contributed by atoms with Gasteiger partial charge in [0.15, 0.2) is 0 Å². The second-order valence-corrected chi connectivity index (χ2v) is 5.62. The van der Waals surface area contributed by atoms with Crippen molar-refractivity contribution in [1.82, 2.24) is 10.3 Å². The van der Waals surface area contributed by atoms with Gasteiger partial charge in [0.05, 0.1) is 17.4 Å². The summed E-state index contributed by atoms with van der Waals surface area (Å²) in [6.45, 7) is 4.46. The average Bonchev–Trinajstić information content (AvgIpc) is 2.99. The van der Waals surface area contributed by atoms with Gasteiger partial charge in [0.2, 0.25) is 0 Å². The molecule has 1 aromatic heterocycles. The standard InChI is InChI=1S/C15H17N3O/c19-15-3-1-2-14-13(15)4-12(7-17-14)18-8-10-5-16-6-11(10)9-18/h1-4,7,10-11,16,19H,5-6,8-9H2/t10-,11+. The molecule has 98 valence electrons. The third kappa shape index (κ3) is 1.75. The van der Waals surface area contributed by atoms with E-state index in [1.165, 1.54) is 0 Å². The topological polar surface area (TPSA) is 48.4 Å². The lowest BCUT2D eigenvalue weighted by atomic mass is 10.0. The monoisotopic (exact) mass is 255 g/mol. The molecule has 2 fully saturated rings. The van der Waals surface area contributed by atoms with E-state index in [0.29, 0.717) is 5.75 Å². The van der Waals surface area contributed by atoms with Gasteiger partial charge in [0.25, 0.3) is 0 Å². The molecule has 1 aromatic carbocycles. The molecule has 4 rings (SSSR count). The van der Waals surface area contributed by atoms with Gasteiger partial charge in [-0.15, -0.1) is 0 Å². The van der Waals surface area contributed by atoms with E-state index in [0.717, 1.165) is 54.6 Å². The summed E-state index contributed by atoms with van der Waals surface area (Å²) < 4.78 is 0. The van der Waals surface area contributed by atoms with E-state index in [9.17, 15) is 5.11 Å². The summed E-state index contributed by atoms with van der Waals surface area (Å²) in [5.41, 5.74) is 1.98. The number of aromatic hydroxyl groups is 1. The van der Waals surface area contributed by atoms with Crippen LogP contribution in [0, 0.1) is 11.8 Å². The van der Waals surface area contributed by atoms with E-state index in [4.69, 9.17) is 0 Å². The molecule has 2 aliphatic heterocycles. The summed E-state index contributed by atoms with van der Waals surface area (Å²) in [6.07, 6.45) is 1.93. The van der Waals surface area contributed by atoms with Gasteiger partial charge in [0.1, 0.15) is 5.75 Å². The van der Waals surface area contributed by atoms with E-state index in [2.05, 4.69) is 21.3 Å². The Labute approximate surface area is 112 Å². The van der Waals surface area contributed by atoms with Crippen molar-refractivity contribution in [2.45, 2.75) is 0 Å². The van der Waals surface area contributed by atoms with Gasteiger partial charge < -0.3 is 15.3 Å². The quantitative estimate of drug-likeness (QED) is 0.812. The maximum absolute atomic E-state index is 9.93. The molecule has 4 heteroatoms. The zero-order valence-corrected chi connectivity index (χ0v) is 10.7. The third-order valence-electron chi connectivity index (χ3n) is 4.44. The smallest absolute Gasteiger partial charge is 0.125 e. The van der Waals surface area contributed by atoms with Gasteiger partial charge in [-0.3, -0.25) is 4.98 Å². The van der Waals surface area contributed by atoms with Crippen molar-refractivity contribution in [1.29, 1.82) is 0 Å². The number of nitrogens with one attached hydrogen (secondary N) is 1. The fourth-order valence-corrected chi connectivity index (χ4v) is 3.36. The number of fused-ring (bicyclic) bond motifs is 2. The van der Waals surface area contributed by atoms with Gasteiger partial charge in [0, 0.05) is 31.6 Å². The molecule has 2 N–H and O–H groups in total. The van der Waals surface area contributed by atoms with Crippen LogP contribution >= 0.6 is 0 Å². The number of anilines is 1. The fourth-order valence-electron chi connectivity index (χ4n) is 3.36. The summed E-state index contributed by atoms with van der Waals surface area (Å²) in [7, 11) is 0. The molecule has 3 heterocycles. The number of benzene rings is 1. The van der Waals surface area contributed by atoms with Gasteiger partial charge in [-0.2, -0.15) is 0 Å². The largest absolute Gasteiger partial charge is 0.507 e. The maximum atomic E-state index is 9.93. The Morgan fingerprint density at radius 1 is 1.21 bits per heavy atom. The van der Waals surface area contributed by atoms with Crippen molar-refractivity contribution in [3.05, 3.63) is 30.5 Å². The Morgan fingerprint density at radius 3 is 2.79 bits per heavy atom. The molecule has 0 amide bonds. The SMILES string of the molecule is Oc1cccc2ncc(N3C[C@H]4CNC[C@H]4C3)cc12. The first-order chi connectivity index (χ1) is 9.31. The molecule has 2 aliphatic rings. The lowest BCUT2D eigenvalue weighted by Crippen LogP contribution is -2.25. The van der Waals surface area contributed by atoms with Crippen molar-refractivity contribution >= 4 is 16.6 Å². The molecule has 0 bridgehead atoms. The molecule has 2 aromatic rings. The van der Waals surface area contributed by atoms with Crippen LogP contribution in [0.1, 0.15) is 0 Å². The highest BCUT2D eigenvalue weighted by Crippen LogP contribution is 2.33. The van der Waals surface area contributed by atoms with Gasteiger partial charge in [-0.05, 0) is 30.0 Å². The van der Waals surface area contributed by atoms with Crippen molar-refractivity contribution < 1.29 is 5.11 Å². The van der Waals surface area contributed by atoms with E-state index in [1.807, 2.05) is 18.3 Å². The highest BCUT2D eigenvalue weighted by atomic mass is 16.3. The van der Waals surface area contributed by atoms with E-state index in [-0.39, 0.29) is 0 Å². The predicted octanol–water partition coefficient (Wildman–Crippen LogP) is 1.60. The first-order valence-corrected chi connectivity index (χ1v) is 6.84. The molecule has 0 aliphatic carbocycles. The minimum atomic E-state index is 0.313. The van der Waals surface area contributed by atoms with Crippen molar-refractivity contribution in [2.75, 3.05) is 31.1 Å². The lowest BCUT2D eigenvalue weighted by Gasteiger charge is -2.19. The number of hydrogen-bond acceptors (Lipinski definition) is 4. The average molecular weight is 255 g/mol. The predicted molar refractivity (Wildman–Crippen MR) is 75.5 cm³/mol. The highest BCUT2D eigenvalue weighted by Gasteiger charge is 2.36. The van der Waals surface area contributed by atoms with Crippen molar-refractivity contribution in [3.63, 3.8) is 0 Å². The first-order valence-electron chi connectivity index (χ1n) is 6.84. The second kappa shape index (κ2) is 4.10. The lowest BCUT2D eigenvalue weighted by molar-refractivity contribution is 0.481. The molecule has 2 atom stereocenters. The summed E-state index contributed by atoms with van der Waals surface area (Å²) in [6, 6.07) is 7.54. The van der Waals surface area contributed by atoms with Crippen LogP contribution in [-0.2, 0) is 0 Å². The number of nitrogens with zero attached hydrogens (tertiary/aromatic N) is 2. The number of rotatable bonds is 1. The molecule has 4 nitrogen and oxygen atoms in total. The number of phenols is 1. The molecule has 19 heavy (non-hydrogen) atoms. The molecule has 0 unspecified atom stereocenters. The fraction of sp³-hybridized carbons (Fsp3) is 0.400. The number of aromatic nitrogens is 1. The molecular weight excluding hydrogens is 238 g/mol. The Morgan fingerprint density at radius 2 is 2.00 bits per heavy atom. The minimum Gasteiger partial charge on any atom is -0.507 e. The molecular formula is C15H17N3O. The van der Waals surface area contributed by atoms with Crippen LogP contribution in [0.5, 0.6) is 5.75 Å². The summed E-state index contributed by atoms with van der Waals surface area (Å²) in [5, 5.41) is 14.2. The zero-order valence-electron chi connectivity index (χ0n) is 10.7. The van der Waals surface area contributed by atoms with Crippen LogP contribution in [-0.4, -0.2) is 36.3 Å². The minimum absolute atomic E-state index is 0.313. The summed E-state index contributed by atoms with van der Waals surface area (Å²) >= 11 is 0. The van der Waals surface area contributed by atoms with Gasteiger partial charge in [-0.25, -0.2) is 0 Å². The number of phenolic OH excluding ortho intramolecular Hbond substituents is 1. The molecule has 0 spiro atoms. The van der Waals surface area contributed by atoms with Gasteiger partial charge in [-0.1, -0.05) is 6.07 Å². The van der Waals surface area contributed by atoms with Crippen LogP contribution in [0.25, 0.3) is 10.9 Å². The number of hydrogen-bond donors (Lipinski definition) is 2. The zero-order chi connectivity index (χ0) is 12.8. The van der Waals surface area contributed by atoms with Gasteiger partial charge >= 0.3 is 0 Å². The van der Waals surface area contributed by atoms with E-state index >= 15 is 0 Å². The summed E-state index contributed by atoms with van der Waals surface area (Å²) in [4.78, 5) is 6.86. The second-order valence-electron chi connectivity index (χ2n) is 5.62. The normalized spacial score (nSPS) is 26.0. The van der Waals surface area contributed by atoms with Crippen LogP contribution in [0.4, 0.5) is 5.69 Å².